The number of anilines is 1. The molecule has 0 unspecified atom stereocenters. The third-order valence-corrected chi connectivity index (χ3v) is 1.90. The van der Waals surface area contributed by atoms with E-state index in [-0.39, 0.29) is 0 Å². The van der Waals surface area contributed by atoms with E-state index in [9.17, 15) is 0 Å². The van der Waals surface area contributed by atoms with E-state index in [1.54, 1.807) is 12.1 Å². The molecule has 0 amide bonds. The molecule has 2 rings (SSSR count). The number of nitrogen functional groups attached to an aromatic ring is 1. The molecule has 1 aromatic heterocycles. The van der Waals surface area contributed by atoms with Crippen LogP contribution in [-0.2, 0) is 0 Å². The Morgan fingerprint density at radius 2 is 1.92 bits per heavy atom. The summed E-state index contributed by atoms with van der Waals surface area (Å²) in [4.78, 5) is 0. The highest BCUT2D eigenvalue weighted by atomic mass is 35.5. The zero-order chi connectivity index (χ0) is 9.26. The van der Waals surface area contributed by atoms with Crippen molar-refractivity contribution in [2.24, 2.45) is 0 Å². The lowest BCUT2D eigenvalue weighted by atomic mass is 10.3. The fourth-order valence-electron chi connectivity index (χ4n) is 1.03. The van der Waals surface area contributed by atoms with Gasteiger partial charge in [-0.25, -0.2) is 0 Å². The summed E-state index contributed by atoms with van der Waals surface area (Å²) < 4.78 is 1.54. The molecule has 0 aliphatic heterocycles. The van der Waals surface area contributed by atoms with Gasteiger partial charge in [-0.2, -0.15) is 4.68 Å². The second kappa shape index (κ2) is 3.06. The van der Waals surface area contributed by atoms with Crippen LogP contribution in [0.2, 0.25) is 5.02 Å². The first kappa shape index (κ1) is 8.07. The van der Waals surface area contributed by atoms with Crippen LogP contribution in [0.5, 0.6) is 0 Å². The van der Waals surface area contributed by atoms with E-state index in [0.717, 1.165) is 5.69 Å². The van der Waals surface area contributed by atoms with Gasteiger partial charge in [0.05, 0.1) is 11.9 Å². The van der Waals surface area contributed by atoms with E-state index in [1.807, 2.05) is 12.1 Å². The van der Waals surface area contributed by atoms with E-state index in [4.69, 9.17) is 17.3 Å². The van der Waals surface area contributed by atoms with Gasteiger partial charge in [-0.15, -0.1) is 5.10 Å². The standard InChI is InChI=1S/C8H7ClN4/c9-6-1-3-7(4-2-6)13-8(10)5-11-12-13/h1-5H,10H2. The highest BCUT2D eigenvalue weighted by molar-refractivity contribution is 6.30. The van der Waals surface area contributed by atoms with Crippen molar-refractivity contribution in [3.8, 4) is 5.69 Å². The lowest BCUT2D eigenvalue weighted by Gasteiger charge is -2.01. The Bertz CT molecular complexity index is 406. The first-order chi connectivity index (χ1) is 6.27. The Hall–Kier alpha value is -1.55. The maximum Gasteiger partial charge on any atom is 0.147 e. The Labute approximate surface area is 79.9 Å². The fraction of sp³-hybridized carbons (Fsp3) is 0. The highest BCUT2D eigenvalue weighted by Gasteiger charge is 2.00. The zero-order valence-electron chi connectivity index (χ0n) is 6.68. The molecule has 0 atom stereocenters. The number of aromatic nitrogens is 3. The molecule has 13 heavy (non-hydrogen) atoms. The molecule has 0 bridgehead atoms. The Balaban J connectivity index is 2.47. The van der Waals surface area contributed by atoms with Gasteiger partial charge in [0.15, 0.2) is 0 Å². The zero-order valence-corrected chi connectivity index (χ0v) is 7.44. The van der Waals surface area contributed by atoms with Gasteiger partial charge in [0.1, 0.15) is 5.82 Å². The summed E-state index contributed by atoms with van der Waals surface area (Å²) in [5, 5.41) is 8.17. The summed E-state index contributed by atoms with van der Waals surface area (Å²) in [5.74, 6) is 0.502. The van der Waals surface area contributed by atoms with E-state index >= 15 is 0 Å². The largest absolute Gasteiger partial charge is 0.382 e. The smallest absolute Gasteiger partial charge is 0.147 e. The summed E-state index contributed by atoms with van der Waals surface area (Å²) in [6.45, 7) is 0. The van der Waals surface area contributed by atoms with Crippen LogP contribution in [0, 0.1) is 0 Å². The molecule has 1 heterocycles. The molecule has 66 valence electrons. The molecule has 0 spiro atoms. The number of hydrogen-bond acceptors (Lipinski definition) is 3. The van der Waals surface area contributed by atoms with Crippen LogP contribution in [-0.4, -0.2) is 15.0 Å². The molecule has 4 nitrogen and oxygen atoms in total. The summed E-state index contributed by atoms with van der Waals surface area (Å²) in [7, 11) is 0. The monoisotopic (exact) mass is 194 g/mol. The van der Waals surface area contributed by atoms with Crippen LogP contribution in [0.4, 0.5) is 5.82 Å². The number of hydrogen-bond donors (Lipinski definition) is 1. The second-order valence-corrected chi connectivity index (χ2v) is 2.98. The molecule has 0 saturated carbocycles. The lowest BCUT2D eigenvalue weighted by molar-refractivity contribution is 0.810. The van der Waals surface area contributed by atoms with Crippen LogP contribution < -0.4 is 5.73 Å². The molecule has 0 saturated heterocycles. The molecule has 2 aromatic rings. The van der Waals surface area contributed by atoms with Crippen molar-refractivity contribution in [3.63, 3.8) is 0 Å². The minimum Gasteiger partial charge on any atom is -0.382 e. The predicted octanol–water partition coefficient (Wildman–Crippen LogP) is 1.50. The van der Waals surface area contributed by atoms with Crippen molar-refractivity contribution in [1.82, 2.24) is 15.0 Å². The van der Waals surface area contributed by atoms with Gasteiger partial charge in [0.2, 0.25) is 0 Å². The summed E-state index contributed by atoms with van der Waals surface area (Å²) in [6, 6.07) is 7.21. The van der Waals surface area contributed by atoms with Gasteiger partial charge in [0, 0.05) is 5.02 Å². The van der Waals surface area contributed by atoms with Crippen molar-refractivity contribution < 1.29 is 0 Å². The second-order valence-electron chi connectivity index (χ2n) is 2.55. The first-order valence-electron chi connectivity index (χ1n) is 3.69. The maximum absolute atomic E-state index is 5.74. The van der Waals surface area contributed by atoms with Gasteiger partial charge >= 0.3 is 0 Å². The summed E-state index contributed by atoms with van der Waals surface area (Å²) >= 11 is 5.74. The highest BCUT2D eigenvalue weighted by Crippen LogP contribution is 2.14. The molecule has 0 radical (unpaired) electrons. The predicted molar refractivity (Wildman–Crippen MR) is 50.8 cm³/mol. The van der Waals surface area contributed by atoms with Gasteiger partial charge < -0.3 is 5.73 Å². The van der Waals surface area contributed by atoms with Gasteiger partial charge in [0.25, 0.3) is 0 Å². The van der Waals surface area contributed by atoms with Crippen LogP contribution in [0.25, 0.3) is 5.69 Å². The van der Waals surface area contributed by atoms with E-state index < -0.39 is 0 Å². The molecular weight excluding hydrogens is 188 g/mol. The number of halogens is 1. The topological polar surface area (TPSA) is 56.7 Å². The molecule has 0 fully saturated rings. The molecule has 0 aliphatic rings. The van der Waals surface area contributed by atoms with Crippen molar-refractivity contribution in [2.45, 2.75) is 0 Å². The third-order valence-electron chi connectivity index (χ3n) is 1.65. The van der Waals surface area contributed by atoms with Crippen LogP contribution in [0.1, 0.15) is 0 Å². The van der Waals surface area contributed by atoms with Crippen LogP contribution in [0.15, 0.2) is 30.5 Å². The van der Waals surface area contributed by atoms with Crippen molar-refractivity contribution in [2.75, 3.05) is 5.73 Å². The van der Waals surface area contributed by atoms with Gasteiger partial charge in [-0.05, 0) is 24.3 Å². The summed E-state index contributed by atoms with van der Waals surface area (Å²) in [5.41, 5.74) is 6.46. The quantitative estimate of drug-likeness (QED) is 0.749. The SMILES string of the molecule is Nc1cnnn1-c1ccc(Cl)cc1. The Morgan fingerprint density at radius 1 is 1.23 bits per heavy atom. The molecule has 0 aliphatic carbocycles. The van der Waals surface area contributed by atoms with Crippen LogP contribution >= 0.6 is 11.6 Å². The molecule has 1 aromatic carbocycles. The van der Waals surface area contributed by atoms with Crippen molar-refractivity contribution in [3.05, 3.63) is 35.5 Å². The van der Waals surface area contributed by atoms with Crippen LogP contribution in [0.3, 0.4) is 0 Å². The van der Waals surface area contributed by atoms with Gasteiger partial charge in [-0.1, -0.05) is 16.8 Å². The Morgan fingerprint density at radius 3 is 2.46 bits per heavy atom. The van der Waals surface area contributed by atoms with E-state index in [1.165, 1.54) is 10.9 Å². The first-order valence-corrected chi connectivity index (χ1v) is 4.07. The molecule has 2 N–H and O–H groups in total. The average Bonchev–Trinajstić information content (AvgIpc) is 2.53. The number of nitrogens with two attached hydrogens (primary N) is 1. The maximum atomic E-state index is 5.74. The van der Waals surface area contributed by atoms with Gasteiger partial charge in [-0.3, -0.25) is 0 Å². The Kier molecular flexibility index (Phi) is 1.90. The number of rotatable bonds is 1. The number of nitrogens with zero attached hydrogens (tertiary/aromatic N) is 3. The third kappa shape index (κ3) is 1.48. The average molecular weight is 195 g/mol. The minimum atomic E-state index is 0.502. The molecule has 5 heteroatoms. The van der Waals surface area contributed by atoms with E-state index in [2.05, 4.69) is 10.3 Å². The normalized spacial score (nSPS) is 10.2. The molecular formula is C8H7ClN4. The number of benzene rings is 1. The lowest BCUT2D eigenvalue weighted by Crippen LogP contribution is -2.01. The van der Waals surface area contributed by atoms with Crippen molar-refractivity contribution in [1.29, 1.82) is 0 Å². The van der Waals surface area contributed by atoms with Crippen molar-refractivity contribution >= 4 is 17.4 Å². The summed E-state index contributed by atoms with van der Waals surface area (Å²) in [6.07, 6.45) is 1.49. The van der Waals surface area contributed by atoms with E-state index in [0.29, 0.717) is 10.8 Å². The minimum absolute atomic E-state index is 0.502. The fourth-order valence-corrected chi connectivity index (χ4v) is 1.15.